The van der Waals surface area contributed by atoms with Crippen molar-refractivity contribution in [1.82, 2.24) is 5.32 Å². The van der Waals surface area contributed by atoms with Gasteiger partial charge >= 0.3 is 0 Å². The van der Waals surface area contributed by atoms with Crippen LogP contribution >= 0.6 is 0 Å². The van der Waals surface area contributed by atoms with Crippen LogP contribution in [-0.2, 0) is 0 Å². The third kappa shape index (κ3) is 4.48. The summed E-state index contributed by atoms with van der Waals surface area (Å²) < 4.78 is 0. The topological polar surface area (TPSA) is 12.0 Å². The maximum absolute atomic E-state index is 3.95. The van der Waals surface area contributed by atoms with Gasteiger partial charge in [-0.3, -0.25) is 0 Å². The summed E-state index contributed by atoms with van der Waals surface area (Å²) in [5.74, 6) is 3.85. The fourth-order valence-electron chi connectivity index (χ4n) is 4.64. The highest BCUT2D eigenvalue weighted by Crippen LogP contribution is 2.38. The zero-order valence-electron chi connectivity index (χ0n) is 13.5. The molecule has 19 heavy (non-hydrogen) atoms. The molecule has 0 bridgehead atoms. The second-order valence-electron chi connectivity index (χ2n) is 7.54. The van der Waals surface area contributed by atoms with Crippen molar-refractivity contribution in [2.24, 2.45) is 23.7 Å². The van der Waals surface area contributed by atoms with E-state index in [1.54, 1.807) is 0 Å². The Morgan fingerprint density at radius 3 is 1.84 bits per heavy atom. The van der Waals surface area contributed by atoms with Crippen molar-refractivity contribution in [3.8, 4) is 0 Å². The lowest BCUT2D eigenvalue weighted by atomic mass is 9.70. The van der Waals surface area contributed by atoms with E-state index in [2.05, 4.69) is 26.1 Å². The summed E-state index contributed by atoms with van der Waals surface area (Å²) in [6, 6.07) is 0.824. The Balaban J connectivity index is 1.97. The van der Waals surface area contributed by atoms with E-state index >= 15 is 0 Å². The molecule has 0 saturated heterocycles. The third-order valence-electron chi connectivity index (χ3n) is 5.60. The smallest absolute Gasteiger partial charge is 0.0124 e. The molecule has 2 fully saturated rings. The van der Waals surface area contributed by atoms with Crippen LogP contribution in [0.4, 0.5) is 0 Å². The maximum atomic E-state index is 3.95. The Morgan fingerprint density at radius 1 is 0.895 bits per heavy atom. The molecule has 2 aliphatic carbocycles. The largest absolute Gasteiger partial charge is 0.313 e. The van der Waals surface area contributed by atoms with Gasteiger partial charge in [-0.15, -0.1) is 0 Å². The predicted octanol–water partition coefficient (Wildman–Crippen LogP) is 5.01. The molecule has 0 radical (unpaired) electrons. The Bertz CT molecular complexity index is 228. The van der Waals surface area contributed by atoms with E-state index in [4.69, 9.17) is 0 Å². The van der Waals surface area contributed by atoms with Crippen LogP contribution in [0.1, 0.15) is 78.6 Å². The van der Waals surface area contributed by atoms with Gasteiger partial charge in [0, 0.05) is 6.04 Å². The molecule has 2 aliphatic rings. The minimum atomic E-state index is 0.824. The standard InChI is InChI=1S/C18H35N/c1-4-11-19-18(16-9-5-7-14(2)12-16)17-10-6-8-15(3)13-17/h14-19H,4-13H2,1-3H3. The SMILES string of the molecule is CCCNC(C1CCCC(C)C1)C1CCCC(C)C1. The van der Waals surface area contributed by atoms with Crippen molar-refractivity contribution in [1.29, 1.82) is 0 Å². The van der Waals surface area contributed by atoms with E-state index in [1.165, 1.54) is 64.3 Å². The average molecular weight is 265 g/mol. The molecule has 0 spiro atoms. The molecule has 1 heteroatoms. The molecule has 0 aliphatic heterocycles. The van der Waals surface area contributed by atoms with Crippen molar-refractivity contribution < 1.29 is 0 Å². The monoisotopic (exact) mass is 265 g/mol. The lowest BCUT2D eigenvalue weighted by Crippen LogP contribution is -2.45. The molecule has 0 aromatic carbocycles. The molecule has 112 valence electrons. The Labute approximate surface area is 120 Å². The molecule has 2 rings (SSSR count). The van der Waals surface area contributed by atoms with Crippen LogP contribution in [0.25, 0.3) is 0 Å². The summed E-state index contributed by atoms with van der Waals surface area (Å²) in [6.07, 6.45) is 13.1. The molecule has 0 heterocycles. The number of hydrogen-bond donors (Lipinski definition) is 1. The van der Waals surface area contributed by atoms with Gasteiger partial charge in [-0.2, -0.15) is 0 Å². The van der Waals surface area contributed by atoms with Crippen LogP contribution in [0.3, 0.4) is 0 Å². The minimum Gasteiger partial charge on any atom is -0.313 e. The first-order chi connectivity index (χ1) is 9.20. The zero-order valence-corrected chi connectivity index (χ0v) is 13.5. The number of hydrogen-bond acceptors (Lipinski definition) is 1. The number of nitrogens with one attached hydrogen (secondary N) is 1. The van der Waals surface area contributed by atoms with Crippen LogP contribution in [0.15, 0.2) is 0 Å². The van der Waals surface area contributed by atoms with Crippen molar-refractivity contribution in [3.63, 3.8) is 0 Å². The van der Waals surface area contributed by atoms with E-state index in [9.17, 15) is 0 Å². The van der Waals surface area contributed by atoms with Crippen LogP contribution in [0.2, 0.25) is 0 Å². The van der Waals surface area contributed by atoms with Gasteiger partial charge in [-0.25, -0.2) is 0 Å². The van der Waals surface area contributed by atoms with Gasteiger partial charge in [0.1, 0.15) is 0 Å². The van der Waals surface area contributed by atoms with Crippen LogP contribution in [0.5, 0.6) is 0 Å². The molecule has 0 aromatic heterocycles. The van der Waals surface area contributed by atoms with E-state index in [0.29, 0.717) is 0 Å². The van der Waals surface area contributed by atoms with Gasteiger partial charge in [-0.1, -0.05) is 46.5 Å². The van der Waals surface area contributed by atoms with Crippen molar-refractivity contribution >= 4 is 0 Å². The zero-order chi connectivity index (χ0) is 13.7. The molecule has 2 saturated carbocycles. The Hall–Kier alpha value is -0.0400. The summed E-state index contributed by atoms with van der Waals surface area (Å²) >= 11 is 0. The fraction of sp³-hybridized carbons (Fsp3) is 1.00. The van der Waals surface area contributed by atoms with E-state index < -0.39 is 0 Å². The van der Waals surface area contributed by atoms with Crippen LogP contribution in [-0.4, -0.2) is 12.6 Å². The Morgan fingerprint density at radius 2 is 1.42 bits per heavy atom. The second kappa shape index (κ2) is 7.67. The summed E-state index contributed by atoms with van der Waals surface area (Å²) in [7, 11) is 0. The van der Waals surface area contributed by atoms with Gasteiger partial charge in [-0.05, 0) is 62.3 Å². The quantitative estimate of drug-likeness (QED) is 0.737. The fourth-order valence-corrected chi connectivity index (χ4v) is 4.64. The van der Waals surface area contributed by atoms with Crippen molar-refractivity contribution in [2.75, 3.05) is 6.54 Å². The molecule has 1 nitrogen and oxygen atoms in total. The van der Waals surface area contributed by atoms with E-state index in [1.807, 2.05) is 0 Å². The highest BCUT2D eigenvalue weighted by atomic mass is 14.9. The van der Waals surface area contributed by atoms with Crippen LogP contribution in [0, 0.1) is 23.7 Å². The molecule has 4 unspecified atom stereocenters. The highest BCUT2D eigenvalue weighted by molar-refractivity contribution is 4.88. The molecule has 0 amide bonds. The van der Waals surface area contributed by atoms with Gasteiger partial charge in [0.05, 0.1) is 0 Å². The molecule has 1 N–H and O–H groups in total. The highest BCUT2D eigenvalue weighted by Gasteiger charge is 2.33. The van der Waals surface area contributed by atoms with Gasteiger partial charge in [0.15, 0.2) is 0 Å². The third-order valence-corrected chi connectivity index (χ3v) is 5.60. The first kappa shape index (κ1) is 15.4. The van der Waals surface area contributed by atoms with Crippen LogP contribution < -0.4 is 5.32 Å². The maximum Gasteiger partial charge on any atom is 0.0124 e. The molecular formula is C18H35N. The first-order valence-electron chi connectivity index (χ1n) is 8.94. The Kier molecular flexibility index (Phi) is 6.19. The van der Waals surface area contributed by atoms with E-state index in [0.717, 1.165) is 29.7 Å². The van der Waals surface area contributed by atoms with E-state index in [-0.39, 0.29) is 0 Å². The van der Waals surface area contributed by atoms with Gasteiger partial charge < -0.3 is 5.32 Å². The van der Waals surface area contributed by atoms with Gasteiger partial charge in [0.2, 0.25) is 0 Å². The summed E-state index contributed by atoms with van der Waals surface area (Å²) in [5, 5.41) is 3.95. The second-order valence-corrected chi connectivity index (χ2v) is 7.54. The molecular weight excluding hydrogens is 230 g/mol. The van der Waals surface area contributed by atoms with Gasteiger partial charge in [0.25, 0.3) is 0 Å². The molecule has 0 aromatic rings. The van der Waals surface area contributed by atoms with Crippen molar-refractivity contribution in [3.05, 3.63) is 0 Å². The lowest BCUT2D eigenvalue weighted by molar-refractivity contribution is 0.135. The minimum absolute atomic E-state index is 0.824. The predicted molar refractivity (Wildman–Crippen MR) is 84.3 cm³/mol. The first-order valence-corrected chi connectivity index (χ1v) is 8.94. The molecule has 4 atom stereocenters. The number of rotatable bonds is 5. The summed E-state index contributed by atoms with van der Waals surface area (Å²) in [4.78, 5) is 0. The average Bonchev–Trinajstić information content (AvgIpc) is 2.39. The normalized spacial score (nSPS) is 38.1. The van der Waals surface area contributed by atoms with Crippen molar-refractivity contribution in [2.45, 2.75) is 84.6 Å². The lowest BCUT2D eigenvalue weighted by Gasteiger charge is -2.41. The summed E-state index contributed by atoms with van der Waals surface area (Å²) in [5.41, 5.74) is 0. The summed E-state index contributed by atoms with van der Waals surface area (Å²) in [6.45, 7) is 8.45.